The predicted molar refractivity (Wildman–Crippen MR) is 126 cm³/mol. The van der Waals surface area contributed by atoms with Gasteiger partial charge < -0.3 is 24.4 Å². The standard InChI is InChI=1S/C25H32N2O5/c1-5-27(6-2)16-17-32-25(29)20-10-12-21(13-11-20)26-24(28)15-9-19-8-14-22(31-7-3)23(18-19)30-4/h8-15,18H,5-7,16-17H2,1-4H3,(H,26,28)/b15-9+. The third kappa shape index (κ3) is 7.74. The maximum absolute atomic E-state index is 12.2. The molecule has 0 spiro atoms. The minimum atomic E-state index is -0.376. The van der Waals surface area contributed by atoms with Crippen molar-refractivity contribution in [2.75, 3.05) is 45.3 Å². The van der Waals surface area contributed by atoms with E-state index in [-0.39, 0.29) is 11.9 Å². The van der Waals surface area contributed by atoms with E-state index in [0.29, 0.717) is 42.5 Å². The van der Waals surface area contributed by atoms with Gasteiger partial charge in [-0.25, -0.2) is 4.79 Å². The lowest BCUT2D eigenvalue weighted by Gasteiger charge is -2.17. The van der Waals surface area contributed by atoms with Crippen molar-refractivity contribution in [3.8, 4) is 11.5 Å². The van der Waals surface area contributed by atoms with Gasteiger partial charge in [0, 0.05) is 18.3 Å². The lowest BCUT2D eigenvalue weighted by molar-refractivity contribution is -0.111. The van der Waals surface area contributed by atoms with E-state index in [2.05, 4.69) is 24.1 Å². The molecule has 2 aromatic carbocycles. The molecule has 7 nitrogen and oxygen atoms in total. The van der Waals surface area contributed by atoms with E-state index in [1.54, 1.807) is 49.6 Å². The molecule has 0 bridgehead atoms. The van der Waals surface area contributed by atoms with Gasteiger partial charge in [-0.1, -0.05) is 19.9 Å². The summed E-state index contributed by atoms with van der Waals surface area (Å²) in [5.74, 6) is 0.601. The number of carbonyl (C=O) groups is 2. The number of nitrogens with zero attached hydrogens (tertiary/aromatic N) is 1. The molecule has 0 aliphatic rings. The Balaban J connectivity index is 1.89. The van der Waals surface area contributed by atoms with Crippen LogP contribution in [0.25, 0.3) is 6.08 Å². The molecule has 0 unspecified atom stereocenters. The van der Waals surface area contributed by atoms with E-state index in [9.17, 15) is 9.59 Å². The molecule has 7 heteroatoms. The van der Waals surface area contributed by atoms with Gasteiger partial charge in [0.2, 0.25) is 5.91 Å². The Labute approximate surface area is 190 Å². The van der Waals surface area contributed by atoms with Crippen molar-refractivity contribution in [3.05, 3.63) is 59.7 Å². The maximum atomic E-state index is 12.2. The first-order chi connectivity index (χ1) is 15.5. The largest absolute Gasteiger partial charge is 0.493 e. The zero-order chi connectivity index (χ0) is 23.3. The Hall–Kier alpha value is -3.32. The molecule has 2 rings (SSSR count). The summed E-state index contributed by atoms with van der Waals surface area (Å²) in [4.78, 5) is 26.6. The fourth-order valence-corrected chi connectivity index (χ4v) is 3.00. The third-order valence-corrected chi connectivity index (χ3v) is 4.84. The number of hydrogen-bond donors (Lipinski definition) is 1. The minimum absolute atomic E-state index is 0.285. The summed E-state index contributed by atoms with van der Waals surface area (Å²) in [6.07, 6.45) is 3.12. The molecule has 1 amide bonds. The van der Waals surface area contributed by atoms with Crippen LogP contribution in [0.4, 0.5) is 5.69 Å². The van der Waals surface area contributed by atoms with Crippen LogP contribution in [0.3, 0.4) is 0 Å². The van der Waals surface area contributed by atoms with Crippen LogP contribution in [0, 0.1) is 0 Å². The minimum Gasteiger partial charge on any atom is -0.493 e. The quantitative estimate of drug-likeness (QED) is 0.393. The number of likely N-dealkylation sites (N-methyl/N-ethyl adjacent to an activating group) is 1. The molecule has 0 aliphatic heterocycles. The molecule has 0 heterocycles. The Kier molecular flexibility index (Phi) is 10.3. The van der Waals surface area contributed by atoms with Gasteiger partial charge >= 0.3 is 5.97 Å². The highest BCUT2D eigenvalue weighted by atomic mass is 16.5. The fraction of sp³-hybridized carbons (Fsp3) is 0.360. The average molecular weight is 441 g/mol. The summed E-state index contributed by atoms with van der Waals surface area (Å²) in [6, 6.07) is 12.1. The first-order valence-electron chi connectivity index (χ1n) is 10.8. The molecule has 0 aliphatic carbocycles. The van der Waals surface area contributed by atoms with Gasteiger partial charge in [0.15, 0.2) is 11.5 Å². The molecule has 172 valence electrons. The zero-order valence-corrected chi connectivity index (χ0v) is 19.2. The van der Waals surface area contributed by atoms with Gasteiger partial charge in [-0.2, -0.15) is 0 Å². The van der Waals surface area contributed by atoms with Gasteiger partial charge in [-0.15, -0.1) is 0 Å². The van der Waals surface area contributed by atoms with Gasteiger partial charge in [0.25, 0.3) is 0 Å². The number of carbonyl (C=O) groups excluding carboxylic acids is 2. The first-order valence-corrected chi connectivity index (χ1v) is 10.8. The second-order valence-electron chi connectivity index (χ2n) is 6.91. The molecule has 0 saturated heterocycles. The molecule has 32 heavy (non-hydrogen) atoms. The molecule has 0 saturated carbocycles. The monoisotopic (exact) mass is 440 g/mol. The number of esters is 1. The molecule has 2 aromatic rings. The molecule has 0 fully saturated rings. The number of benzene rings is 2. The van der Waals surface area contributed by atoms with Crippen LogP contribution in [-0.2, 0) is 9.53 Å². The van der Waals surface area contributed by atoms with E-state index in [1.165, 1.54) is 6.08 Å². The summed E-state index contributed by atoms with van der Waals surface area (Å²) >= 11 is 0. The van der Waals surface area contributed by atoms with Gasteiger partial charge in [-0.05, 0) is 68.1 Å². The van der Waals surface area contributed by atoms with Crippen molar-refractivity contribution in [1.82, 2.24) is 4.90 Å². The van der Waals surface area contributed by atoms with Gasteiger partial charge in [0.05, 0.1) is 19.3 Å². The highest BCUT2D eigenvalue weighted by molar-refractivity contribution is 6.02. The summed E-state index contributed by atoms with van der Waals surface area (Å²) in [7, 11) is 1.57. The number of rotatable bonds is 12. The van der Waals surface area contributed by atoms with Crippen molar-refractivity contribution >= 4 is 23.6 Å². The third-order valence-electron chi connectivity index (χ3n) is 4.84. The normalized spacial score (nSPS) is 10.9. The van der Waals surface area contributed by atoms with E-state index in [0.717, 1.165) is 18.7 Å². The number of amides is 1. The summed E-state index contributed by atoms with van der Waals surface area (Å²) in [6.45, 7) is 9.48. The van der Waals surface area contributed by atoms with Crippen LogP contribution >= 0.6 is 0 Å². The number of methoxy groups -OCH3 is 1. The van der Waals surface area contributed by atoms with Crippen LogP contribution in [0.1, 0.15) is 36.7 Å². The van der Waals surface area contributed by atoms with Crippen LogP contribution in [0.5, 0.6) is 11.5 Å². The number of hydrogen-bond acceptors (Lipinski definition) is 6. The zero-order valence-electron chi connectivity index (χ0n) is 19.2. The molecule has 1 N–H and O–H groups in total. The summed E-state index contributed by atoms with van der Waals surface area (Å²) < 4.78 is 16.1. The van der Waals surface area contributed by atoms with Crippen LogP contribution < -0.4 is 14.8 Å². The molecule has 0 radical (unpaired) electrons. The average Bonchev–Trinajstić information content (AvgIpc) is 2.81. The highest BCUT2D eigenvalue weighted by Crippen LogP contribution is 2.28. The smallest absolute Gasteiger partial charge is 0.338 e. The molecule has 0 aromatic heterocycles. The maximum Gasteiger partial charge on any atom is 0.338 e. The molecular weight excluding hydrogens is 408 g/mol. The first kappa shape index (κ1) is 24.9. The van der Waals surface area contributed by atoms with Crippen molar-refractivity contribution in [1.29, 1.82) is 0 Å². The van der Waals surface area contributed by atoms with Gasteiger partial charge in [0.1, 0.15) is 6.61 Å². The summed E-state index contributed by atoms with van der Waals surface area (Å²) in [5.41, 5.74) is 1.84. The van der Waals surface area contributed by atoms with E-state index >= 15 is 0 Å². The molecule has 0 atom stereocenters. The van der Waals surface area contributed by atoms with Gasteiger partial charge in [-0.3, -0.25) is 4.79 Å². The highest BCUT2D eigenvalue weighted by Gasteiger charge is 2.09. The van der Waals surface area contributed by atoms with Crippen molar-refractivity contribution < 1.29 is 23.8 Å². The summed E-state index contributed by atoms with van der Waals surface area (Å²) in [5, 5.41) is 2.77. The number of nitrogens with one attached hydrogen (secondary N) is 1. The van der Waals surface area contributed by atoms with Crippen LogP contribution in [-0.4, -0.2) is 56.7 Å². The second kappa shape index (κ2) is 13.2. The van der Waals surface area contributed by atoms with E-state index in [1.807, 2.05) is 13.0 Å². The lowest BCUT2D eigenvalue weighted by Crippen LogP contribution is -2.27. The van der Waals surface area contributed by atoms with Crippen molar-refractivity contribution in [2.24, 2.45) is 0 Å². The van der Waals surface area contributed by atoms with Crippen LogP contribution in [0.2, 0.25) is 0 Å². The van der Waals surface area contributed by atoms with Crippen molar-refractivity contribution in [2.45, 2.75) is 20.8 Å². The Morgan fingerprint density at radius 2 is 1.72 bits per heavy atom. The van der Waals surface area contributed by atoms with Crippen LogP contribution in [0.15, 0.2) is 48.5 Å². The fourth-order valence-electron chi connectivity index (χ4n) is 3.00. The SMILES string of the molecule is CCOc1ccc(/C=C/C(=O)Nc2ccc(C(=O)OCCN(CC)CC)cc2)cc1OC. The van der Waals surface area contributed by atoms with Crippen molar-refractivity contribution in [3.63, 3.8) is 0 Å². The predicted octanol–water partition coefficient (Wildman–Crippen LogP) is 4.24. The lowest BCUT2D eigenvalue weighted by atomic mass is 10.2. The topological polar surface area (TPSA) is 77.1 Å². The Morgan fingerprint density at radius 3 is 2.34 bits per heavy atom. The number of anilines is 1. The molecular formula is C25H32N2O5. The Bertz CT molecular complexity index is 905. The van der Waals surface area contributed by atoms with E-state index < -0.39 is 0 Å². The number of ether oxygens (including phenoxy) is 3. The van der Waals surface area contributed by atoms with E-state index in [4.69, 9.17) is 14.2 Å². The second-order valence-corrected chi connectivity index (χ2v) is 6.91. The Morgan fingerprint density at radius 1 is 1.00 bits per heavy atom.